The third-order valence-electron chi connectivity index (χ3n) is 2.37. The van der Waals surface area contributed by atoms with Gasteiger partial charge in [-0.05, 0) is 24.1 Å². The number of nitrogen functional groups attached to an aromatic ring is 1. The van der Waals surface area contributed by atoms with Crippen molar-refractivity contribution in [2.75, 3.05) is 5.73 Å². The lowest BCUT2D eigenvalue weighted by Gasteiger charge is -2.08. The van der Waals surface area contributed by atoms with Crippen molar-refractivity contribution in [1.82, 2.24) is 15.2 Å². The number of aromatic hydroxyl groups is 2. The van der Waals surface area contributed by atoms with Crippen molar-refractivity contribution >= 4 is 5.95 Å². The molecule has 0 aliphatic carbocycles. The third-order valence-corrected chi connectivity index (χ3v) is 2.37. The summed E-state index contributed by atoms with van der Waals surface area (Å²) in [6, 6.07) is 4.14. The number of phenolic OH excluding ortho intramolecular Hbond substituents is 2. The van der Waals surface area contributed by atoms with Gasteiger partial charge in [-0.15, -0.1) is 5.10 Å². The third kappa shape index (κ3) is 2.45. The van der Waals surface area contributed by atoms with E-state index in [4.69, 9.17) is 11.5 Å². The summed E-state index contributed by atoms with van der Waals surface area (Å²) < 4.78 is 0. The summed E-state index contributed by atoms with van der Waals surface area (Å²) in [7, 11) is 0. The van der Waals surface area contributed by atoms with Crippen LogP contribution in [0.4, 0.5) is 5.95 Å². The van der Waals surface area contributed by atoms with E-state index in [-0.39, 0.29) is 17.4 Å². The SMILES string of the molecule is Nc1n[nH]c(C(N)Cc2ccc(O)c(O)c2)n1. The Morgan fingerprint density at radius 3 is 2.65 bits per heavy atom. The molecule has 0 radical (unpaired) electrons. The first-order valence-electron chi connectivity index (χ1n) is 5.00. The quantitative estimate of drug-likeness (QED) is 0.477. The van der Waals surface area contributed by atoms with Crippen LogP contribution in [0.2, 0.25) is 0 Å². The van der Waals surface area contributed by atoms with Gasteiger partial charge in [0.1, 0.15) is 5.82 Å². The Balaban J connectivity index is 2.12. The summed E-state index contributed by atoms with van der Waals surface area (Å²) in [6.07, 6.45) is 0.447. The van der Waals surface area contributed by atoms with E-state index in [1.165, 1.54) is 12.1 Å². The smallest absolute Gasteiger partial charge is 0.239 e. The fourth-order valence-electron chi connectivity index (χ4n) is 1.50. The maximum atomic E-state index is 9.34. The molecule has 1 heterocycles. The van der Waals surface area contributed by atoms with Crippen LogP contribution in [0, 0.1) is 0 Å². The van der Waals surface area contributed by atoms with Crippen LogP contribution in [0.5, 0.6) is 11.5 Å². The topological polar surface area (TPSA) is 134 Å². The van der Waals surface area contributed by atoms with Crippen molar-refractivity contribution < 1.29 is 10.2 Å². The minimum absolute atomic E-state index is 0.143. The highest BCUT2D eigenvalue weighted by atomic mass is 16.3. The van der Waals surface area contributed by atoms with Gasteiger partial charge in [0.15, 0.2) is 11.5 Å². The zero-order chi connectivity index (χ0) is 12.4. The number of anilines is 1. The van der Waals surface area contributed by atoms with Crippen LogP contribution in [-0.2, 0) is 6.42 Å². The second-order valence-corrected chi connectivity index (χ2v) is 3.71. The van der Waals surface area contributed by atoms with E-state index in [1.807, 2.05) is 0 Å². The van der Waals surface area contributed by atoms with Crippen LogP contribution in [0.1, 0.15) is 17.4 Å². The number of H-pyrrole nitrogens is 1. The van der Waals surface area contributed by atoms with E-state index in [0.29, 0.717) is 12.2 Å². The second kappa shape index (κ2) is 4.30. The average Bonchev–Trinajstić information content (AvgIpc) is 2.70. The largest absolute Gasteiger partial charge is 0.504 e. The summed E-state index contributed by atoms with van der Waals surface area (Å²) in [4.78, 5) is 3.92. The van der Waals surface area contributed by atoms with Gasteiger partial charge in [0, 0.05) is 0 Å². The summed E-state index contributed by atoms with van der Waals surface area (Å²) in [5, 5.41) is 24.8. The van der Waals surface area contributed by atoms with Crippen molar-refractivity contribution in [2.24, 2.45) is 5.73 Å². The predicted octanol–water partition coefficient (Wildman–Crippen LogP) is 0.0406. The van der Waals surface area contributed by atoms with Crippen LogP contribution in [0.25, 0.3) is 0 Å². The number of hydrogen-bond donors (Lipinski definition) is 5. The number of aromatic amines is 1. The molecule has 1 unspecified atom stereocenters. The molecule has 1 aromatic heterocycles. The highest BCUT2D eigenvalue weighted by Crippen LogP contribution is 2.26. The van der Waals surface area contributed by atoms with Gasteiger partial charge in [-0.3, -0.25) is 5.10 Å². The molecule has 0 saturated carbocycles. The first-order chi connectivity index (χ1) is 8.06. The van der Waals surface area contributed by atoms with E-state index in [2.05, 4.69) is 15.2 Å². The van der Waals surface area contributed by atoms with Gasteiger partial charge in [0.2, 0.25) is 5.95 Å². The van der Waals surface area contributed by atoms with Crippen molar-refractivity contribution in [3.63, 3.8) is 0 Å². The van der Waals surface area contributed by atoms with Crippen LogP contribution in [-0.4, -0.2) is 25.4 Å². The fourth-order valence-corrected chi connectivity index (χ4v) is 1.50. The van der Waals surface area contributed by atoms with Crippen molar-refractivity contribution in [3.8, 4) is 11.5 Å². The number of nitrogens with zero attached hydrogens (tertiary/aromatic N) is 2. The van der Waals surface area contributed by atoms with Gasteiger partial charge in [-0.25, -0.2) is 0 Å². The summed E-state index contributed by atoms with van der Waals surface area (Å²) in [6.45, 7) is 0. The number of nitrogens with one attached hydrogen (secondary N) is 1. The molecule has 0 aliphatic rings. The molecule has 17 heavy (non-hydrogen) atoms. The lowest BCUT2D eigenvalue weighted by molar-refractivity contribution is 0.403. The Bertz CT molecular complexity index is 525. The van der Waals surface area contributed by atoms with E-state index in [1.54, 1.807) is 6.07 Å². The molecule has 7 N–H and O–H groups in total. The van der Waals surface area contributed by atoms with Crippen LogP contribution >= 0.6 is 0 Å². The second-order valence-electron chi connectivity index (χ2n) is 3.71. The Morgan fingerprint density at radius 2 is 2.06 bits per heavy atom. The molecule has 0 saturated heterocycles. The monoisotopic (exact) mass is 235 g/mol. The molecule has 1 atom stereocenters. The molecule has 0 fully saturated rings. The predicted molar refractivity (Wildman–Crippen MR) is 61.2 cm³/mol. The Hall–Kier alpha value is -2.28. The first-order valence-corrected chi connectivity index (χ1v) is 5.00. The van der Waals surface area contributed by atoms with E-state index < -0.39 is 6.04 Å². The van der Waals surface area contributed by atoms with E-state index in [9.17, 15) is 10.2 Å². The number of aromatic nitrogens is 3. The Kier molecular flexibility index (Phi) is 2.84. The van der Waals surface area contributed by atoms with Crippen LogP contribution in [0.15, 0.2) is 18.2 Å². The number of phenols is 2. The zero-order valence-corrected chi connectivity index (χ0v) is 8.96. The normalized spacial score (nSPS) is 12.5. The van der Waals surface area contributed by atoms with Crippen molar-refractivity contribution in [1.29, 1.82) is 0 Å². The highest BCUT2D eigenvalue weighted by molar-refractivity contribution is 5.40. The van der Waals surface area contributed by atoms with Crippen LogP contribution < -0.4 is 11.5 Å². The highest BCUT2D eigenvalue weighted by Gasteiger charge is 2.12. The van der Waals surface area contributed by atoms with Gasteiger partial charge >= 0.3 is 0 Å². The Morgan fingerprint density at radius 1 is 1.29 bits per heavy atom. The molecular formula is C10H13N5O2. The summed E-state index contributed by atoms with van der Waals surface area (Å²) in [5.41, 5.74) is 12.0. The molecule has 2 rings (SSSR count). The average molecular weight is 235 g/mol. The molecule has 0 amide bonds. The van der Waals surface area contributed by atoms with Gasteiger partial charge in [-0.1, -0.05) is 6.07 Å². The number of nitrogens with two attached hydrogens (primary N) is 2. The van der Waals surface area contributed by atoms with E-state index in [0.717, 1.165) is 5.56 Å². The molecular weight excluding hydrogens is 222 g/mol. The molecule has 0 spiro atoms. The molecule has 0 bridgehead atoms. The number of rotatable bonds is 3. The summed E-state index contributed by atoms with van der Waals surface area (Å²) in [5.74, 6) is 0.289. The summed E-state index contributed by atoms with van der Waals surface area (Å²) >= 11 is 0. The van der Waals surface area contributed by atoms with Gasteiger partial charge < -0.3 is 21.7 Å². The number of benzene rings is 1. The molecule has 0 aliphatic heterocycles. The fraction of sp³-hybridized carbons (Fsp3) is 0.200. The number of hydrogen-bond acceptors (Lipinski definition) is 6. The van der Waals surface area contributed by atoms with Crippen molar-refractivity contribution in [3.05, 3.63) is 29.6 Å². The minimum Gasteiger partial charge on any atom is -0.504 e. The molecule has 2 aromatic rings. The lowest BCUT2D eigenvalue weighted by Crippen LogP contribution is -2.15. The lowest BCUT2D eigenvalue weighted by atomic mass is 10.1. The van der Waals surface area contributed by atoms with Crippen LogP contribution in [0.3, 0.4) is 0 Å². The first kappa shape index (κ1) is 11.2. The molecule has 7 heteroatoms. The molecule has 1 aromatic carbocycles. The minimum atomic E-state index is -0.399. The van der Waals surface area contributed by atoms with E-state index >= 15 is 0 Å². The van der Waals surface area contributed by atoms with Gasteiger partial charge in [-0.2, -0.15) is 4.98 Å². The standard InChI is InChI=1S/C10H13N5O2/c11-6(9-13-10(12)15-14-9)3-5-1-2-7(16)8(17)4-5/h1-2,4,6,16-17H,3,11H2,(H3,12,13,14,15). The maximum Gasteiger partial charge on any atom is 0.239 e. The molecule has 7 nitrogen and oxygen atoms in total. The maximum absolute atomic E-state index is 9.34. The van der Waals surface area contributed by atoms with Gasteiger partial charge in [0.05, 0.1) is 6.04 Å². The Labute approximate surface area is 97.1 Å². The van der Waals surface area contributed by atoms with Gasteiger partial charge in [0.25, 0.3) is 0 Å². The van der Waals surface area contributed by atoms with Crippen molar-refractivity contribution in [2.45, 2.75) is 12.5 Å². The molecule has 90 valence electrons. The zero-order valence-electron chi connectivity index (χ0n) is 8.96.